The third-order valence-electron chi connectivity index (χ3n) is 1.82. The van der Waals surface area contributed by atoms with Gasteiger partial charge in [0.05, 0.1) is 6.04 Å². The number of nitrogens with one attached hydrogen (secondary N) is 2. The van der Waals surface area contributed by atoms with E-state index in [9.17, 15) is 9.59 Å². The van der Waals surface area contributed by atoms with Crippen LogP contribution in [-0.2, 0) is 9.59 Å². The maximum Gasteiger partial charge on any atom is 0.243 e. The maximum absolute atomic E-state index is 11.1. The van der Waals surface area contributed by atoms with Crippen molar-refractivity contribution in [2.24, 2.45) is 0 Å². The molecule has 0 aromatic rings. The van der Waals surface area contributed by atoms with Gasteiger partial charge in [-0.05, 0) is 19.9 Å². The largest absolute Gasteiger partial charge is 0.309 e. The van der Waals surface area contributed by atoms with Crippen LogP contribution in [0.5, 0.6) is 0 Å². The first-order valence-electron chi connectivity index (χ1n) is 3.75. The Morgan fingerprint density at radius 3 is 2.91 bits per heavy atom. The number of likely N-dealkylation sites (N-methyl/N-ethyl adjacent to an activating group) is 1. The van der Waals surface area contributed by atoms with Crippen LogP contribution in [0.4, 0.5) is 0 Å². The van der Waals surface area contributed by atoms with Crippen LogP contribution < -0.4 is 10.6 Å². The molecule has 0 aromatic heterocycles. The molecule has 1 rings (SSSR count). The van der Waals surface area contributed by atoms with Crippen LogP contribution in [0.1, 0.15) is 19.3 Å². The van der Waals surface area contributed by atoms with Gasteiger partial charge in [0.15, 0.2) is 0 Å². The van der Waals surface area contributed by atoms with E-state index in [0.717, 1.165) is 12.8 Å². The molecule has 1 unspecified atom stereocenters. The van der Waals surface area contributed by atoms with Gasteiger partial charge in [-0.3, -0.25) is 14.9 Å². The second-order valence-corrected chi connectivity index (χ2v) is 2.65. The molecule has 0 saturated carbocycles. The van der Waals surface area contributed by atoms with Crippen molar-refractivity contribution in [3.63, 3.8) is 0 Å². The standard InChI is InChI=1S/C7H12N2O2/c1-8-5-3-2-4-6(10)9-7(5)11/h5,8H,2-4H2,1H3,(H,9,10,11). The van der Waals surface area contributed by atoms with Gasteiger partial charge < -0.3 is 5.32 Å². The minimum absolute atomic E-state index is 0.159. The summed E-state index contributed by atoms with van der Waals surface area (Å²) in [6.45, 7) is 0. The lowest BCUT2D eigenvalue weighted by Gasteiger charge is -2.09. The number of carbonyl (C=O) groups excluding carboxylic acids is 2. The summed E-state index contributed by atoms with van der Waals surface area (Å²) < 4.78 is 0. The molecule has 1 aliphatic heterocycles. The fraction of sp³-hybridized carbons (Fsp3) is 0.714. The van der Waals surface area contributed by atoms with Crippen LogP contribution >= 0.6 is 0 Å². The van der Waals surface area contributed by atoms with Crippen LogP contribution in [-0.4, -0.2) is 24.9 Å². The van der Waals surface area contributed by atoms with Crippen LogP contribution in [0.3, 0.4) is 0 Å². The monoisotopic (exact) mass is 156 g/mol. The smallest absolute Gasteiger partial charge is 0.243 e. The summed E-state index contributed by atoms with van der Waals surface area (Å²) in [5.41, 5.74) is 0. The third-order valence-corrected chi connectivity index (χ3v) is 1.82. The SMILES string of the molecule is CNC1CCCC(=O)NC1=O. The van der Waals surface area contributed by atoms with Gasteiger partial charge in [-0.25, -0.2) is 0 Å². The average molecular weight is 156 g/mol. The van der Waals surface area contributed by atoms with Gasteiger partial charge in [-0.15, -0.1) is 0 Å². The molecule has 1 aliphatic rings. The Morgan fingerprint density at radius 1 is 1.55 bits per heavy atom. The molecule has 0 radical (unpaired) electrons. The van der Waals surface area contributed by atoms with E-state index in [0.29, 0.717) is 6.42 Å². The number of carbonyl (C=O) groups is 2. The molecule has 1 heterocycles. The molecule has 0 aromatic carbocycles. The van der Waals surface area contributed by atoms with Crippen molar-refractivity contribution in [1.29, 1.82) is 0 Å². The zero-order valence-corrected chi connectivity index (χ0v) is 6.52. The number of hydrogen-bond donors (Lipinski definition) is 2. The first-order valence-corrected chi connectivity index (χ1v) is 3.75. The molecule has 0 aliphatic carbocycles. The maximum atomic E-state index is 11.1. The van der Waals surface area contributed by atoms with Gasteiger partial charge in [0.1, 0.15) is 0 Å². The van der Waals surface area contributed by atoms with Crippen molar-refractivity contribution in [3.8, 4) is 0 Å². The van der Waals surface area contributed by atoms with Crippen molar-refractivity contribution in [2.45, 2.75) is 25.3 Å². The van der Waals surface area contributed by atoms with Crippen LogP contribution in [0.15, 0.2) is 0 Å². The average Bonchev–Trinajstić information content (AvgIpc) is 2.11. The van der Waals surface area contributed by atoms with Crippen LogP contribution in [0.25, 0.3) is 0 Å². The Hall–Kier alpha value is -0.900. The molecule has 0 spiro atoms. The van der Waals surface area contributed by atoms with Gasteiger partial charge in [0.2, 0.25) is 11.8 Å². The molecule has 11 heavy (non-hydrogen) atoms. The summed E-state index contributed by atoms with van der Waals surface area (Å²) in [6.07, 6.45) is 1.99. The van der Waals surface area contributed by atoms with Crippen LogP contribution in [0.2, 0.25) is 0 Å². The topological polar surface area (TPSA) is 58.2 Å². The number of hydrogen-bond acceptors (Lipinski definition) is 3. The molecule has 4 nitrogen and oxygen atoms in total. The molecule has 1 saturated heterocycles. The first kappa shape index (κ1) is 8.20. The van der Waals surface area contributed by atoms with E-state index < -0.39 is 0 Å². The highest BCUT2D eigenvalue weighted by molar-refractivity contribution is 5.98. The lowest BCUT2D eigenvalue weighted by molar-refractivity contribution is -0.130. The first-order chi connectivity index (χ1) is 5.24. The zero-order valence-electron chi connectivity index (χ0n) is 6.52. The van der Waals surface area contributed by atoms with Crippen molar-refractivity contribution >= 4 is 11.8 Å². The van der Waals surface area contributed by atoms with E-state index in [2.05, 4.69) is 10.6 Å². The fourth-order valence-electron chi connectivity index (χ4n) is 1.16. The molecular formula is C7H12N2O2. The third kappa shape index (κ3) is 2.01. The predicted molar refractivity (Wildman–Crippen MR) is 39.8 cm³/mol. The minimum atomic E-state index is -0.199. The van der Waals surface area contributed by atoms with E-state index in [4.69, 9.17) is 0 Å². The molecule has 0 bridgehead atoms. The summed E-state index contributed by atoms with van der Waals surface area (Å²) in [5, 5.41) is 5.15. The zero-order chi connectivity index (χ0) is 8.27. The van der Waals surface area contributed by atoms with Crippen molar-refractivity contribution in [1.82, 2.24) is 10.6 Å². The highest BCUT2D eigenvalue weighted by atomic mass is 16.2. The second kappa shape index (κ2) is 3.48. The molecule has 1 fully saturated rings. The van der Waals surface area contributed by atoms with Gasteiger partial charge >= 0.3 is 0 Å². The quantitative estimate of drug-likeness (QED) is 0.498. The highest BCUT2D eigenvalue weighted by Gasteiger charge is 2.21. The highest BCUT2D eigenvalue weighted by Crippen LogP contribution is 2.05. The van der Waals surface area contributed by atoms with Crippen molar-refractivity contribution in [2.75, 3.05) is 7.05 Å². The van der Waals surface area contributed by atoms with Crippen molar-refractivity contribution < 1.29 is 9.59 Å². The van der Waals surface area contributed by atoms with E-state index in [1.165, 1.54) is 0 Å². The Labute approximate surface area is 65.3 Å². The summed E-state index contributed by atoms with van der Waals surface area (Å²) in [6, 6.07) is -0.193. The summed E-state index contributed by atoms with van der Waals surface area (Å²) >= 11 is 0. The molecule has 1 atom stereocenters. The normalized spacial score (nSPS) is 26.1. The summed E-state index contributed by atoms with van der Waals surface area (Å²) in [4.78, 5) is 21.9. The Kier molecular flexibility index (Phi) is 2.59. The Morgan fingerprint density at radius 2 is 2.27 bits per heavy atom. The number of amides is 2. The van der Waals surface area contributed by atoms with Gasteiger partial charge in [0, 0.05) is 6.42 Å². The minimum Gasteiger partial charge on any atom is -0.309 e. The van der Waals surface area contributed by atoms with Gasteiger partial charge in [0.25, 0.3) is 0 Å². The van der Waals surface area contributed by atoms with Gasteiger partial charge in [-0.1, -0.05) is 0 Å². The lowest BCUT2D eigenvalue weighted by Crippen LogP contribution is -2.42. The Balaban J connectivity index is 2.57. The predicted octanol–water partition coefficient (Wildman–Crippen LogP) is -0.599. The van der Waals surface area contributed by atoms with Gasteiger partial charge in [-0.2, -0.15) is 0 Å². The molecule has 62 valence electrons. The molecule has 4 heteroatoms. The van der Waals surface area contributed by atoms with Crippen molar-refractivity contribution in [3.05, 3.63) is 0 Å². The number of rotatable bonds is 1. The lowest BCUT2D eigenvalue weighted by atomic mass is 10.1. The Bertz CT molecular complexity index is 179. The summed E-state index contributed by atoms with van der Waals surface area (Å²) in [7, 11) is 1.72. The van der Waals surface area contributed by atoms with Crippen LogP contribution in [0, 0.1) is 0 Å². The molecular weight excluding hydrogens is 144 g/mol. The van der Waals surface area contributed by atoms with E-state index in [1.54, 1.807) is 7.05 Å². The second-order valence-electron chi connectivity index (χ2n) is 2.65. The molecule has 2 amide bonds. The van der Waals surface area contributed by atoms with E-state index in [1.807, 2.05) is 0 Å². The fourth-order valence-corrected chi connectivity index (χ4v) is 1.16. The van der Waals surface area contributed by atoms with E-state index >= 15 is 0 Å². The number of imide groups is 1. The van der Waals surface area contributed by atoms with E-state index in [-0.39, 0.29) is 17.9 Å². The molecule has 2 N–H and O–H groups in total. The summed E-state index contributed by atoms with van der Waals surface area (Å²) in [5.74, 6) is -0.359.